The van der Waals surface area contributed by atoms with Crippen molar-refractivity contribution in [3.8, 4) is 5.75 Å². The highest BCUT2D eigenvalue weighted by Crippen LogP contribution is 2.17. The monoisotopic (exact) mass is 493 g/mol. The minimum atomic E-state index is -0.607. The van der Waals surface area contributed by atoms with Gasteiger partial charge in [0.1, 0.15) is 11.9 Å². The van der Waals surface area contributed by atoms with Crippen LogP contribution >= 0.6 is 24.0 Å². The van der Waals surface area contributed by atoms with Gasteiger partial charge < -0.3 is 25.2 Å². The number of para-hydroxylation sites is 1. The third kappa shape index (κ3) is 12.1. The largest absolute Gasteiger partial charge is 0.489 e. The lowest BCUT2D eigenvalue weighted by Gasteiger charge is -2.19. The zero-order chi connectivity index (χ0) is 19.4. The zero-order valence-corrected chi connectivity index (χ0v) is 19.5. The molecule has 0 aliphatic heterocycles. The second-order valence-electron chi connectivity index (χ2n) is 6.88. The maximum Gasteiger partial charge on any atom is 0.191 e. The molecule has 0 amide bonds. The average Bonchev–Trinajstić information content (AvgIpc) is 2.59. The molecule has 0 bridgehead atoms. The highest BCUT2D eigenvalue weighted by Gasteiger charge is 2.09. The number of benzene rings is 1. The van der Waals surface area contributed by atoms with E-state index in [1.165, 1.54) is 0 Å². The van der Waals surface area contributed by atoms with Crippen LogP contribution in [0.3, 0.4) is 0 Å². The first kappa shape index (κ1) is 25.9. The van der Waals surface area contributed by atoms with Crippen LogP contribution < -0.4 is 15.4 Å². The van der Waals surface area contributed by atoms with Crippen molar-refractivity contribution in [2.45, 2.75) is 46.8 Å². The van der Waals surface area contributed by atoms with Crippen LogP contribution in [0.4, 0.5) is 0 Å². The lowest BCUT2D eigenvalue weighted by atomic mass is 10.2. The van der Waals surface area contributed by atoms with Gasteiger partial charge in [-0.05, 0) is 38.3 Å². The van der Waals surface area contributed by atoms with Crippen LogP contribution in [0, 0.1) is 12.8 Å². The Bertz CT molecular complexity index is 541. The van der Waals surface area contributed by atoms with Gasteiger partial charge in [0.05, 0.1) is 25.8 Å². The summed E-state index contributed by atoms with van der Waals surface area (Å²) in [5.74, 6) is 2.01. The van der Waals surface area contributed by atoms with Crippen molar-refractivity contribution in [3.05, 3.63) is 29.8 Å². The Morgan fingerprint density at radius 1 is 1.15 bits per heavy atom. The van der Waals surface area contributed by atoms with E-state index < -0.39 is 6.10 Å². The molecule has 1 aromatic rings. The van der Waals surface area contributed by atoms with E-state index in [4.69, 9.17) is 9.47 Å². The summed E-state index contributed by atoms with van der Waals surface area (Å²) in [4.78, 5) is 4.42. The molecule has 2 atom stereocenters. The summed E-state index contributed by atoms with van der Waals surface area (Å²) < 4.78 is 11.4. The van der Waals surface area contributed by atoms with Gasteiger partial charge in [-0.15, -0.1) is 24.0 Å². The number of aliphatic hydroxyl groups excluding tert-OH is 1. The van der Waals surface area contributed by atoms with Gasteiger partial charge in [0.15, 0.2) is 5.96 Å². The first-order valence-corrected chi connectivity index (χ1v) is 9.42. The van der Waals surface area contributed by atoms with Crippen molar-refractivity contribution < 1.29 is 14.6 Å². The molecule has 0 aromatic heterocycles. The van der Waals surface area contributed by atoms with Crippen molar-refractivity contribution in [3.63, 3.8) is 0 Å². The smallest absolute Gasteiger partial charge is 0.191 e. The molecule has 0 aliphatic rings. The molecule has 7 heteroatoms. The Hall–Kier alpha value is -1.06. The van der Waals surface area contributed by atoms with Gasteiger partial charge in [-0.3, -0.25) is 4.99 Å². The third-order valence-corrected chi connectivity index (χ3v) is 3.54. The van der Waals surface area contributed by atoms with Gasteiger partial charge in [0, 0.05) is 13.2 Å². The van der Waals surface area contributed by atoms with Crippen LogP contribution in [0.1, 0.15) is 33.3 Å². The van der Waals surface area contributed by atoms with E-state index in [0.29, 0.717) is 38.2 Å². The standard InChI is InChI=1S/C20H35N3O3.HI/c1-6-21-20(23-12-18(24)14-25-13-15(2)3)22-11-17(5)26-19-10-8-7-9-16(19)4;/h7-10,15,17-18,24H,6,11-14H2,1-5H3,(H2,21,22,23);1H. The number of nitrogens with one attached hydrogen (secondary N) is 2. The molecular weight excluding hydrogens is 457 g/mol. The van der Waals surface area contributed by atoms with E-state index in [1.54, 1.807) is 0 Å². The predicted molar refractivity (Wildman–Crippen MR) is 122 cm³/mol. The number of aryl methyl sites for hydroxylation is 1. The number of aliphatic hydroxyl groups is 1. The fraction of sp³-hybridized carbons (Fsp3) is 0.650. The van der Waals surface area contributed by atoms with Gasteiger partial charge in [0.2, 0.25) is 0 Å². The topological polar surface area (TPSA) is 75.1 Å². The summed E-state index contributed by atoms with van der Waals surface area (Å²) >= 11 is 0. The van der Waals surface area contributed by atoms with Gasteiger partial charge in [-0.1, -0.05) is 32.0 Å². The fourth-order valence-corrected chi connectivity index (χ4v) is 2.22. The Morgan fingerprint density at radius 2 is 1.85 bits per heavy atom. The first-order chi connectivity index (χ1) is 12.4. The Kier molecular flexibility index (Phi) is 14.3. The quantitative estimate of drug-likeness (QED) is 0.251. The number of hydrogen-bond acceptors (Lipinski definition) is 4. The van der Waals surface area contributed by atoms with Gasteiger partial charge in [-0.25, -0.2) is 0 Å². The summed E-state index contributed by atoms with van der Waals surface area (Å²) in [6.45, 7) is 12.8. The minimum Gasteiger partial charge on any atom is -0.489 e. The molecule has 0 fully saturated rings. The molecule has 6 nitrogen and oxygen atoms in total. The molecular formula is C20H36IN3O3. The summed E-state index contributed by atoms with van der Waals surface area (Å²) in [5, 5.41) is 16.4. The molecule has 0 saturated carbocycles. The normalized spacial score (nSPS) is 13.7. The van der Waals surface area contributed by atoms with Crippen molar-refractivity contribution in [2.24, 2.45) is 10.9 Å². The number of rotatable bonds is 11. The highest BCUT2D eigenvalue weighted by molar-refractivity contribution is 14.0. The molecule has 156 valence electrons. The van der Waals surface area contributed by atoms with E-state index in [-0.39, 0.29) is 30.1 Å². The van der Waals surface area contributed by atoms with Crippen LogP contribution in [0.25, 0.3) is 0 Å². The first-order valence-electron chi connectivity index (χ1n) is 9.42. The average molecular weight is 493 g/mol. The van der Waals surface area contributed by atoms with Gasteiger partial charge in [0.25, 0.3) is 0 Å². The highest BCUT2D eigenvalue weighted by atomic mass is 127. The maximum atomic E-state index is 9.97. The van der Waals surface area contributed by atoms with E-state index >= 15 is 0 Å². The summed E-state index contributed by atoms with van der Waals surface area (Å²) in [5.41, 5.74) is 1.12. The van der Waals surface area contributed by atoms with Crippen LogP contribution in [0.15, 0.2) is 29.3 Å². The van der Waals surface area contributed by atoms with E-state index in [0.717, 1.165) is 17.9 Å². The van der Waals surface area contributed by atoms with Crippen LogP contribution in [-0.4, -0.2) is 56.1 Å². The summed E-state index contributed by atoms with van der Waals surface area (Å²) in [7, 11) is 0. The third-order valence-electron chi connectivity index (χ3n) is 3.54. The molecule has 0 radical (unpaired) electrons. The molecule has 1 aromatic carbocycles. The lowest BCUT2D eigenvalue weighted by molar-refractivity contribution is 0.0301. The number of hydrogen-bond donors (Lipinski definition) is 3. The second-order valence-corrected chi connectivity index (χ2v) is 6.88. The van der Waals surface area contributed by atoms with Crippen LogP contribution in [0.2, 0.25) is 0 Å². The minimum absolute atomic E-state index is 0. The molecule has 0 saturated heterocycles. The van der Waals surface area contributed by atoms with Crippen LogP contribution in [-0.2, 0) is 4.74 Å². The number of aliphatic imine (C=N–C) groups is 1. The molecule has 3 N–H and O–H groups in total. The molecule has 1 rings (SSSR count). The summed E-state index contributed by atoms with van der Waals surface area (Å²) in [6, 6.07) is 7.97. The number of nitrogens with zero attached hydrogens (tertiary/aromatic N) is 1. The van der Waals surface area contributed by atoms with E-state index in [9.17, 15) is 5.11 Å². The molecule has 0 aliphatic carbocycles. The van der Waals surface area contributed by atoms with E-state index in [1.807, 2.05) is 45.0 Å². The Balaban J connectivity index is 0.00000676. The maximum absolute atomic E-state index is 9.97. The van der Waals surface area contributed by atoms with E-state index in [2.05, 4.69) is 29.5 Å². The molecule has 0 heterocycles. The fourth-order valence-electron chi connectivity index (χ4n) is 2.22. The number of guanidine groups is 1. The Labute approximate surface area is 181 Å². The number of ether oxygens (including phenoxy) is 2. The zero-order valence-electron chi connectivity index (χ0n) is 17.2. The van der Waals surface area contributed by atoms with Crippen molar-refractivity contribution in [2.75, 3.05) is 32.8 Å². The number of halogens is 1. The van der Waals surface area contributed by atoms with Gasteiger partial charge in [-0.2, -0.15) is 0 Å². The molecule has 27 heavy (non-hydrogen) atoms. The van der Waals surface area contributed by atoms with Crippen LogP contribution in [0.5, 0.6) is 5.75 Å². The Morgan fingerprint density at radius 3 is 2.48 bits per heavy atom. The predicted octanol–water partition coefficient (Wildman–Crippen LogP) is 2.97. The lowest BCUT2D eigenvalue weighted by Crippen LogP contribution is -2.42. The summed E-state index contributed by atoms with van der Waals surface area (Å²) in [6.07, 6.45) is -0.621. The second kappa shape index (κ2) is 14.9. The SMILES string of the molecule is CCNC(=NCC(O)COCC(C)C)NCC(C)Oc1ccccc1C.I. The van der Waals surface area contributed by atoms with Crippen molar-refractivity contribution in [1.82, 2.24) is 10.6 Å². The molecule has 0 spiro atoms. The molecule has 2 unspecified atom stereocenters. The van der Waals surface area contributed by atoms with Gasteiger partial charge >= 0.3 is 0 Å². The van der Waals surface area contributed by atoms with Crippen molar-refractivity contribution >= 4 is 29.9 Å². The van der Waals surface area contributed by atoms with Crippen molar-refractivity contribution in [1.29, 1.82) is 0 Å².